The number of nitrogens with zero attached hydrogens (tertiary/aromatic N) is 1. The van der Waals surface area contributed by atoms with Crippen molar-refractivity contribution in [2.75, 3.05) is 26.2 Å². The van der Waals surface area contributed by atoms with Crippen LogP contribution in [0.15, 0.2) is 0 Å². The summed E-state index contributed by atoms with van der Waals surface area (Å²) in [6.07, 6.45) is 5.69. The van der Waals surface area contributed by atoms with Crippen molar-refractivity contribution in [2.45, 2.75) is 51.5 Å². The van der Waals surface area contributed by atoms with E-state index in [9.17, 15) is 9.59 Å². The van der Waals surface area contributed by atoms with Crippen LogP contribution in [-0.4, -0.2) is 48.9 Å². The summed E-state index contributed by atoms with van der Waals surface area (Å²) in [4.78, 5) is 25.9. The first kappa shape index (κ1) is 15.3. The number of piperidine rings is 2. The minimum Gasteiger partial charge on any atom is -0.355 e. The van der Waals surface area contributed by atoms with Gasteiger partial charge >= 0.3 is 0 Å². The predicted molar refractivity (Wildman–Crippen MR) is 78.2 cm³/mol. The van der Waals surface area contributed by atoms with Crippen LogP contribution in [0.2, 0.25) is 0 Å². The van der Waals surface area contributed by atoms with Crippen molar-refractivity contribution in [1.82, 2.24) is 15.5 Å². The molecule has 2 aliphatic rings. The third-order valence-corrected chi connectivity index (χ3v) is 4.34. The first-order valence-corrected chi connectivity index (χ1v) is 7.95. The van der Waals surface area contributed by atoms with Crippen molar-refractivity contribution in [3.8, 4) is 0 Å². The molecule has 0 radical (unpaired) electrons. The topological polar surface area (TPSA) is 61.4 Å². The lowest BCUT2D eigenvalue weighted by Gasteiger charge is -2.28. The number of rotatable bonds is 4. The van der Waals surface area contributed by atoms with E-state index in [0.717, 1.165) is 45.3 Å². The van der Waals surface area contributed by atoms with Gasteiger partial charge in [-0.05, 0) is 45.6 Å². The molecular formula is C15H27N3O2. The fourth-order valence-electron chi connectivity index (χ4n) is 3.11. The summed E-state index contributed by atoms with van der Waals surface area (Å²) in [5.41, 5.74) is 0. The molecule has 0 saturated carbocycles. The fraction of sp³-hybridized carbons (Fsp3) is 0.867. The average molecular weight is 281 g/mol. The number of amides is 2. The Hall–Kier alpha value is -1.10. The van der Waals surface area contributed by atoms with Gasteiger partial charge in [-0.1, -0.05) is 0 Å². The van der Waals surface area contributed by atoms with E-state index in [1.807, 2.05) is 4.90 Å². The highest BCUT2D eigenvalue weighted by Crippen LogP contribution is 2.16. The van der Waals surface area contributed by atoms with Crippen molar-refractivity contribution in [3.05, 3.63) is 0 Å². The molecule has 0 aromatic carbocycles. The Bertz CT molecular complexity index is 340. The van der Waals surface area contributed by atoms with Crippen molar-refractivity contribution in [3.63, 3.8) is 0 Å². The highest BCUT2D eigenvalue weighted by Gasteiger charge is 2.24. The number of nitrogens with one attached hydrogen (secondary N) is 2. The lowest BCUT2D eigenvalue weighted by Crippen LogP contribution is -2.43. The predicted octanol–water partition coefficient (Wildman–Crippen LogP) is 0.893. The maximum atomic E-state index is 12.0. The van der Waals surface area contributed by atoms with Gasteiger partial charge in [0.05, 0.1) is 0 Å². The van der Waals surface area contributed by atoms with Gasteiger partial charge in [-0.15, -0.1) is 0 Å². The van der Waals surface area contributed by atoms with E-state index in [2.05, 4.69) is 17.6 Å². The maximum Gasteiger partial charge on any atom is 0.224 e. The number of carbonyl (C=O) groups is 2. The van der Waals surface area contributed by atoms with Crippen molar-refractivity contribution < 1.29 is 9.59 Å². The largest absolute Gasteiger partial charge is 0.355 e. The second-order valence-corrected chi connectivity index (χ2v) is 6.06. The van der Waals surface area contributed by atoms with Crippen molar-refractivity contribution in [1.29, 1.82) is 0 Å². The lowest BCUT2D eigenvalue weighted by molar-refractivity contribution is -0.132. The number of carbonyl (C=O) groups excluding carboxylic acids is 2. The molecule has 0 aliphatic carbocycles. The monoisotopic (exact) mass is 281 g/mol. The molecule has 2 saturated heterocycles. The van der Waals surface area contributed by atoms with Gasteiger partial charge in [0.15, 0.2) is 0 Å². The van der Waals surface area contributed by atoms with Crippen LogP contribution < -0.4 is 10.6 Å². The van der Waals surface area contributed by atoms with Crippen LogP contribution in [0, 0.1) is 5.92 Å². The summed E-state index contributed by atoms with van der Waals surface area (Å²) in [6.45, 7) is 5.27. The summed E-state index contributed by atoms with van der Waals surface area (Å²) in [5, 5.41) is 6.27. The minimum absolute atomic E-state index is 0.108. The number of hydrogen-bond acceptors (Lipinski definition) is 3. The first-order valence-electron chi connectivity index (χ1n) is 7.95. The van der Waals surface area contributed by atoms with Crippen LogP contribution in [0.25, 0.3) is 0 Å². The molecule has 0 aromatic rings. The van der Waals surface area contributed by atoms with Crippen LogP contribution in [0.4, 0.5) is 0 Å². The molecule has 20 heavy (non-hydrogen) atoms. The highest BCUT2D eigenvalue weighted by molar-refractivity contribution is 5.80. The van der Waals surface area contributed by atoms with Gasteiger partial charge in [-0.25, -0.2) is 0 Å². The number of likely N-dealkylation sites (tertiary alicyclic amines) is 1. The van der Waals surface area contributed by atoms with Crippen molar-refractivity contribution in [2.24, 2.45) is 5.92 Å². The molecular weight excluding hydrogens is 254 g/mol. The zero-order valence-electron chi connectivity index (χ0n) is 12.5. The maximum absolute atomic E-state index is 12.0. The van der Waals surface area contributed by atoms with E-state index in [0.29, 0.717) is 19.0 Å². The Morgan fingerprint density at radius 2 is 2.00 bits per heavy atom. The van der Waals surface area contributed by atoms with Gasteiger partial charge in [0.1, 0.15) is 0 Å². The summed E-state index contributed by atoms with van der Waals surface area (Å²) in [7, 11) is 0. The molecule has 5 heteroatoms. The van der Waals surface area contributed by atoms with Crippen LogP contribution in [0.3, 0.4) is 0 Å². The van der Waals surface area contributed by atoms with Crippen LogP contribution in [-0.2, 0) is 9.59 Å². The highest BCUT2D eigenvalue weighted by atomic mass is 16.2. The molecule has 2 heterocycles. The third kappa shape index (κ3) is 4.47. The van der Waals surface area contributed by atoms with E-state index in [4.69, 9.17) is 0 Å². The van der Waals surface area contributed by atoms with Gasteiger partial charge in [-0.2, -0.15) is 0 Å². The molecule has 2 fully saturated rings. The second kappa shape index (κ2) is 7.62. The lowest BCUT2D eigenvalue weighted by atomic mass is 9.92. The van der Waals surface area contributed by atoms with Gasteiger partial charge in [0.2, 0.25) is 11.8 Å². The van der Waals surface area contributed by atoms with Crippen LogP contribution >= 0.6 is 0 Å². The van der Waals surface area contributed by atoms with E-state index in [1.54, 1.807) is 0 Å². The smallest absolute Gasteiger partial charge is 0.224 e. The summed E-state index contributed by atoms with van der Waals surface area (Å²) >= 11 is 0. The van der Waals surface area contributed by atoms with Gasteiger partial charge < -0.3 is 15.5 Å². The molecule has 2 rings (SSSR count). The van der Waals surface area contributed by atoms with Crippen LogP contribution in [0.1, 0.15) is 45.4 Å². The molecule has 2 amide bonds. The van der Waals surface area contributed by atoms with E-state index < -0.39 is 0 Å². The Labute approximate surface area is 121 Å². The molecule has 2 atom stereocenters. The standard InChI is InChI=1S/C15H27N3O2/c1-12-11-13(5-7-16-12)15(20)17-8-6-14(19)18-9-3-2-4-10-18/h12-13,16H,2-11H2,1H3,(H,17,20)/t12-,13-/m0/s1. The van der Waals surface area contributed by atoms with E-state index in [1.165, 1.54) is 6.42 Å². The number of hydrogen-bond donors (Lipinski definition) is 2. The molecule has 114 valence electrons. The van der Waals surface area contributed by atoms with E-state index >= 15 is 0 Å². The third-order valence-electron chi connectivity index (χ3n) is 4.34. The molecule has 0 bridgehead atoms. The zero-order chi connectivity index (χ0) is 14.4. The Balaban J connectivity index is 1.64. The Morgan fingerprint density at radius 3 is 2.70 bits per heavy atom. The molecule has 5 nitrogen and oxygen atoms in total. The molecule has 0 aromatic heterocycles. The van der Waals surface area contributed by atoms with Gasteiger partial charge in [0.25, 0.3) is 0 Å². The normalized spacial score (nSPS) is 27.1. The molecule has 0 spiro atoms. The molecule has 2 N–H and O–H groups in total. The summed E-state index contributed by atoms with van der Waals surface area (Å²) in [6, 6.07) is 0.412. The zero-order valence-corrected chi connectivity index (χ0v) is 12.5. The average Bonchev–Trinajstić information content (AvgIpc) is 2.48. The van der Waals surface area contributed by atoms with E-state index in [-0.39, 0.29) is 17.7 Å². The molecule has 0 unspecified atom stereocenters. The van der Waals surface area contributed by atoms with Crippen LogP contribution in [0.5, 0.6) is 0 Å². The first-order chi connectivity index (χ1) is 9.66. The van der Waals surface area contributed by atoms with Gasteiger partial charge in [0, 0.05) is 38.0 Å². The quantitative estimate of drug-likeness (QED) is 0.804. The summed E-state index contributed by atoms with van der Waals surface area (Å²) in [5.74, 6) is 0.407. The molecule has 2 aliphatic heterocycles. The Kier molecular flexibility index (Phi) is 5.83. The fourth-order valence-corrected chi connectivity index (χ4v) is 3.11. The van der Waals surface area contributed by atoms with Gasteiger partial charge in [-0.3, -0.25) is 9.59 Å². The minimum atomic E-state index is 0.108. The second-order valence-electron chi connectivity index (χ2n) is 6.06. The SMILES string of the molecule is C[C@H]1C[C@@H](C(=O)NCCC(=O)N2CCCCC2)CCN1. The Morgan fingerprint density at radius 1 is 1.25 bits per heavy atom. The summed E-state index contributed by atoms with van der Waals surface area (Å²) < 4.78 is 0. The van der Waals surface area contributed by atoms with Crippen molar-refractivity contribution >= 4 is 11.8 Å².